The first kappa shape index (κ1) is 47.0. The monoisotopic (exact) mass is 734 g/mol. The van der Waals surface area contributed by atoms with Crippen molar-refractivity contribution in [3.63, 3.8) is 0 Å². The summed E-state index contributed by atoms with van der Waals surface area (Å²) in [5.74, 6) is -2.08. The van der Waals surface area contributed by atoms with Crippen LogP contribution in [-0.2, 0) is 47.7 Å². The molecule has 0 saturated heterocycles. The summed E-state index contributed by atoms with van der Waals surface area (Å²) in [6.45, 7) is 6.81. The highest BCUT2D eigenvalue weighted by Gasteiger charge is 2.23. The molecule has 0 rings (SSSR count). The third kappa shape index (κ3) is 25.9. The second-order valence-electron chi connectivity index (χ2n) is 11.4. The van der Waals surface area contributed by atoms with Crippen LogP contribution in [0.25, 0.3) is 0 Å². The van der Waals surface area contributed by atoms with Gasteiger partial charge in [-0.15, -0.1) is 0 Å². The van der Waals surface area contributed by atoms with Gasteiger partial charge in [0.2, 0.25) is 17.9 Å². The SMILES string of the molecule is C=CC(=O)OCCOC(=O)N(CCCCCCCC(=O)N(CCCCCCOC#N)C(=O)OCCOC(=O)C=C)C(=O)CCCCCCCN=C=O. The average molecular weight is 735 g/mol. The van der Waals surface area contributed by atoms with Gasteiger partial charge in [0.05, 0.1) is 6.54 Å². The Bertz CT molecular complexity index is 1200. The van der Waals surface area contributed by atoms with E-state index >= 15 is 0 Å². The Morgan fingerprint density at radius 1 is 0.558 bits per heavy atom. The Labute approximate surface area is 306 Å². The van der Waals surface area contributed by atoms with Gasteiger partial charge >= 0.3 is 24.1 Å². The van der Waals surface area contributed by atoms with E-state index < -0.39 is 30.0 Å². The van der Waals surface area contributed by atoms with Gasteiger partial charge in [-0.2, -0.15) is 5.26 Å². The quantitative estimate of drug-likeness (QED) is 0.0165. The van der Waals surface area contributed by atoms with Crippen molar-refractivity contribution in [3.8, 4) is 6.26 Å². The minimum Gasteiger partial charge on any atom is -0.459 e. The van der Waals surface area contributed by atoms with Crippen molar-refractivity contribution in [1.29, 1.82) is 5.26 Å². The molecular formula is C36H54N4O12. The molecule has 0 atom stereocenters. The third-order valence-corrected chi connectivity index (χ3v) is 7.42. The first-order chi connectivity index (χ1) is 25.2. The zero-order chi connectivity index (χ0) is 38.7. The maximum absolute atomic E-state index is 13.0. The Balaban J connectivity index is 4.85. The van der Waals surface area contributed by atoms with Crippen molar-refractivity contribution in [2.24, 2.45) is 4.99 Å². The van der Waals surface area contributed by atoms with Crippen LogP contribution < -0.4 is 0 Å². The molecule has 0 unspecified atom stereocenters. The summed E-state index contributed by atoms with van der Waals surface area (Å²) in [5.41, 5.74) is 0. The molecule has 0 aromatic rings. The molecule has 0 aromatic heterocycles. The molecule has 16 heteroatoms. The maximum Gasteiger partial charge on any atom is 0.416 e. The van der Waals surface area contributed by atoms with Gasteiger partial charge in [0.1, 0.15) is 33.0 Å². The fourth-order valence-corrected chi connectivity index (χ4v) is 4.68. The molecule has 0 spiro atoms. The summed E-state index contributed by atoms with van der Waals surface area (Å²) in [4.78, 5) is 89.5. The van der Waals surface area contributed by atoms with Gasteiger partial charge in [0.25, 0.3) is 6.26 Å². The predicted octanol–water partition coefficient (Wildman–Crippen LogP) is 5.45. The fraction of sp³-hybridized carbons (Fsp3) is 0.667. The minimum absolute atomic E-state index is 0.105. The number of aliphatic imine (C=N–C) groups is 1. The van der Waals surface area contributed by atoms with Crippen LogP contribution >= 0.6 is 0 Å². The standard InChI is InChI=1S/C36H54N4O12/c1-3-33(44)49-25-27-51-35(46)39(31(42)19-13-7-5-9-15-21-38-30-41)22-16-10-6-8-14-20-32(43)40(23-17-11-12-18-24-48-29-37)36(47)52-28-26-50-34(45)4-2/h3-4H,1-2,5-28H2. The zero-order valence-electron chi connectivity index (χ0n) is 30.2. The molecule has 0 radical (unpaired) electrons. The van der Waals surface area contributed by atoms with Gasteiger partial charge in [-0.25, -0.2) is 38.8 Å². The van der Waals surface area contributed by atoms with E-state index in [1.165, 1.54) is 6.08 Å². The van der Waals surface area contributed by atoms with Gasteiger partial charge in [0, 0.05) is 38.1 Å². The molecule has 0 saturated carbocycles. The van der Waals surface area contributed by atoms with E-state index in [0.717, 1.165) is 54.1 Å². The van der Waals surface area contributed by atoms with Crippen LogP contribution in [0.15, 0.2) is 30.3 Å². The molecule has 0 aliphatic rings. The molecule has 0 aliphatic carbocycles. The first-order valence-corrected chi connectivity index (χ1v) is 17.8. The van der Waals surface area contributed by atoms with Crippen LogP contribution in [0.5, 0.6) is 0 Å². The lowest BCUT2D eigenvalue weighted by Gasteiger charge is -2.21. The molecule has 0 fully saturated rings. The predicted molar refractivity (Wildman–Crippen MR) is 187 cm³/mol. The van der Waals surface area contributed by atoms with E-state index in [4.69, 9.17) is 24.2 Å². The molecule has 0 heterocycles. The number of unbranched alkanes of at least 4 members (excludes halogenated alkanes) is 11. The number of imide groups is 2. The second-order valence-corrected chi connectivity index (χ2v) is 11.4. The molecule has 0 bridgehead atoms. The van der Waals surface area contributed by atoms with E-state index in [-0.39, 0.29) is 58.3 Å². The van der Waals surface area contributed by atoms with Crippen LogP contribution in [0.2, 0.25) is 0 Å². The Kier molecular flexibility index (Phi) is 29.9. The summed E-state index contributed by atoms with van der Waals surface area (Å²) < 4.78 is 24.6. The molecule has 0 N–H and O–H groups in total. The maximum atomic E-state index is 13.0. The topological polar surface area (TPSA) is 208 Å². The van der Waals surface area contributed by atoms with E-state index in [1.54, 1.807) is 6.26 Å². The fourth-order valence-electron chi connectivity index (χ4n) is 4.68. The third-order valence-electron chi connectivity index (χ3n) is 7.42. The largest absolute Gasteiger partial charge is 0.459 e. The lowest BCUT2D eigenvalue weighted by molar-refractivity contribution is -0.139. The van der Waals surface area contributed by atoms with E-state index in [1.807, 2.05) is 0 Å². The highest BCUT2D eigenvalue weighted by atomic mass is 16.6. The van der Waals surface area contributed by atoms with Gasteiger partial charge < -0.3 is 23.7 Å². The number of isocyanates is 1. The van der Waals surface area contributed by atoms with E-state index in [0.29, 0.717) is 70.9 Å². The highest BCUT2D eigenvalue weighted by molar-refractivity contribution is 5.92. The average Bonchev–Trinajstić information content (AvgIpc) is 3.14. The first-order valence-electron chi connectivity index (χ1n) is 17.8. The van der Waals surface area contributed by atoms with Crippen LogP contribution in [0.4, 0.5) is 9.59 Å². The van der Waals surface area contributed by atoms with Crippen molar-refractivity contribution < 1.29 is 57.2 Å². The van der Waals surface area contributed by atoms with Crippen LogP contribution in [-0.4, -0.2) is 104 Å². The van der Waals surface area contributed by atoms with Crippen molar-refractivity contribution in [2.75, 3.05) is 52.7 Å². The Morgan fingerprint density at radius 3 is 1.40 bits per heavy atom. The number of nitriles is 1. The number of hydrogen-bond acceptors (Lipinski definition) is 14. The van der Waals surface area contributed by atoms with Gasteiger partial charge in [-0.05, 0) is 44.9 Å². The highest BCUT2D eigenvalue weighted by Crippen LogP contribution is 2.13. The number of esters is 2. The van der Waals surface area contributed by atoms with Crippen LogP contribution in [0.3, 0.4) is 0 Å². The smallest absolute Gasteiger partial charge is 0.416 e. The van der Waals surface area contributed by atoms with Crippen molar-refractivity contribution in [3.05, 3.63) is 25.3 Å². The molecular weight excluding hydrogens is 680 g/mol. The number of nitrogens with zero attached hydrogens (tertiary/aromatic N) is 4. The van der Waals surface area contributed by atoms with Crippen molar-refractivity contribution >= 4 is 42.0 Å². The second kappa shape index (κ2) is 33.1. The molecule has 0 aromatic carbocycles. The lowest BCUT2D eigenvalue weighted by Crippen LogP contribution is -2.38. The van der Waals surface area contributed by atoms with Crippen molar-refractivity contribution in [2.45, 2.75) is 103 Å². The summed E-state index contributed by atoms with van der Waals surface area (Å²) >= 11 is 0. The Hall–Kier alpha value is -5.03. The van der Waals surface area contributed by atoms with Crippen LogP contribution in [0, 0.1) is 11.5 Å². The molecule has 290 valence electrons. The van der Waals surface area contributed by atoms with Crippen LogP contribution in [0.1, 0.15) is 103 Å². The summed E-state index contributed by atoms with van der Waals surface area (Å²) in [6.07, 6.45) is 13.2. The number of carbonyl (C=O) groups is 6. The number of ether oxygens (including phenoxy) is 5. The van der Waals surface area contributed by atoms with Gasteiger partial charge in [-0.1, -0.05) is 58.1 Å². The normalized spacial score (nSPS) is 10.1. The number of rotatable bonds is 31. The van der Waals surface area contributed by atoms with Crippen molar-refractivity contribution in [1.82, 2.24) is 9.80 Å². The zero-order valence-corrected chi connectivity index (χ0v) is 30.2. The Morgan fingerprint density at radius 2 is 0.962 bits per heavy atom. The lowest BCUT2D eigenvalue weighted by atomic mass is 10.1. The number of amides is 4. The number of hydrogen-bond donors (Lipinski definition) is 0. The number of carbonyl (C=O) groups excluding carboxylic acids is 7. The van der Waals surface area contributed by atoms with Gasteiger partial charge in [0.15, 0.2) is 0 Å². The minimum atomic E-state index is -0.827. The van der Waals surface area contributed by atoms with E-state index in [9.17, 15) is 33.6 Å². The summed E-state index contributed by atoms with van der Waals surface area (Å²) in [6, 6.07) is 0. The van der Waals surface area contributed by atoms with E-state index in [2.05, 4.69) is 22.9 Å². The summed E-state index contributed by atoms with van der Waals surface area (Å²) in [5, 5.41) is 8.45. The van der Waals surface area contributed by atoms with Gasteiger partial charge in [-0.3, -0.25) is 9.59 Å². The molecule has 16 nitrogen and oxygen atoms in total. The molecule has 52 heavy (non-hydrogen) atoms. The molecule has 0 aliphatic heterocycles. The molecule has 4 amide bonds. The summed E-state index contributed by atoms with van der Waals surface area (Å²) in [7, 11) is 0.